The summed E-state index contributed by atoms with van der Waals surface area (Å²) >= 11 is 0. The molecule has 1 saturated carbocycles. The second kappa shape index (κ2) is 16.0. The summed E-state index contributed by atoms with van der Waals surface area (Å²) in [5.41, 5.74) is -2.65. The Morgan fingerprint density at radius 3 is 2.24 bits per heavy atom. The molecule has 0 aromatic rings. The summed E-state index contributed by atoms with van der Waals surface area (Å²) in [6, 6.07) is -1.76. The van der Waals surface area contributed by atoms with Gasteiger partial charge < -0.3 is 49.2 Å². The highest BCUT2D eigenvalue weighted by Crippen LogP contribution is 2.39. The first-order valence-electron chi connectivity index (χ1n) is 18.4. The number of aliphatic hydroxyl groups excluding tert-OH is 1. The zero-order chi connectivity index (χ0) is 38.2. The van der Waals surface area contributed by atoms with Gasteiger partial charge in [0.2, 0.25) is 5.91 Å². The Hall–Kier alpha value is -2.85. The number of nitrogens with zero attached hydrogens (tertiary/aromatic N) is 2. The third-order valence-corrected chi connectivity index (χ3v) is 11.7. The molecule has 4 rings (SSSR count). The number of methoxy groups -OCH3 is 1. The number of Topliss-reactive ketones (excluding diaryl/α,β-unsaturated/α-hetero) is 1. The number of aliphatic hydroxyl groups is 1. The van der Waals surface area contributed by atoms with Crippen LogP contribution in [0.1, 0.15) is 87.0 Å². The lowest BCUT2D eigenvalue weighted by Crippen LogP contribution is -2.62. The number of nitrogens with one attached hydrogen (secondary N) is 2. The van der Waals surface area contributed by atoms with Gasteiger partial charge in [0, 0.05) is 44.5 Å². The molecule has 3 N–H and O–H groups in total. The van der Waals surface area contributed by atoms with Crippen molar-refractivity contribution >= 4 is 29.7 Å². The topological polar surface area (TPSA) is 182 Å². The van der Waals surface area contributed by atoms with Crippen LogP contribution in [0.4, 0.5) is 4.79 Å². The van der Waals surface area contributed by atoms with Gasteiger partial charge in [0.25, 0.3) is 5.91 Å². The number of ether oxygens (including phenoxy) is 5. The van der Waals surface area contributed by atoms with Gasteiger partial charge in [-0.15, -0.1) is 0 Å². The van der Waals surface area contributed by atoms with E-state index < -0.39 is 95.6 Å². The van der Waals surface area contributed by atoms with E-state index in [0.29, 0.717) is 0 Å². The Kier molecular flexibility index (Phi) is 12.9. The molecule has 15 nitrogen and oxygen atoms in total. The monoisotopic (exact) mass is 724 g/mol. The fourth-order valence-corrected chi connectivity index (χ4v) is 8.18. The first-order chi connectivity index (χ1) is 23.8. The smallest absolute Gasteiger partial charge is 0.408 e. The van der Waals surface area contributed by atoms with E-state index in [0.717, 1.165) is 12.8 Å². The maximum Gasteiger partial charge on any atom is 0.408 e. The van der Waals surface area contributed by atoms with E-state index in [2.05, 4.69) is 10.6 Å². The van der Waals surface area contributed by atoms with Crippen LogP contribution in [0, 0.1) is 17.8 Å². The molecule has 0 aromatic heterocycles. The van der Waals surface area contributed by atoms with Gasteiger partial charge in [0.1, 0.15) is 24.2 Å². The molecule has 51 heavy (non-hydrogen) atoms. The minimum atomic E-state index is -1.36. The van der Waals surface area contributed by atoms with Gasteiger partial charge in [0.15, 0.2) is 17.7 Å². The quantitative estimate of drug-likeness (QED) is 0.244. The van der Waals surface area contributed by atoms with Crippen LogP contribution in [0.3, 0.4) is 0 Å². The first-order valence-corrected chi connectivity index (χ1v) is 18.4. The van der Waals surface area contributed by atoms with Crippen LogP contribution >= 0.6 is 0 Å². The number of esters is 1. The van der Waals surface area contributed by atoms with E-state index in [1.807, 2.05) is 11.8 Å². The largest absolute Gasteiger partial charge is 0.457 e. The molecule has 3 saturated heterocycles. The van der Waals surface area contributed by atoms with Crippen molar-refractivity contribution < 1.29 is 52.8 Å². The van der Waals surface area contributed by atoms with Gasteiger partial charge in [-0.05, 0) is 67.0 Å². The third-order valence-electron chi connectivity index (χ3n) is 11.7. The van der Waals surface area contributed by atoms with Gasteiger partial charge in [-0.3, -0.25) is 19.2 Å². The van der Waals surface area contributed by atoms with Crippen molar-refractivity contribution in [2.45, 2.75) is 153 Å². The predicted molar refractivity (Wildman–Crippen MR) is 184 cm³/mol. The molecule has 0 aromatic carbocycles. The summed E-state index contributed by atoms with van der Waals surface area (Å²) in [5.74, 6) is -4.92. The molecular formula is C36H60N4O11. The van der Waals surface area contributed by atoms with Crippen LogP contribution in [0.25, 0.3) is 0 Å². The molecule has 15 heteroatoms. The summed E-state index contributed by atoms with van der Waals surface area (Å²) in [6.45, 7) is 11.8. The molecule has 290 valence electrons. The summed E-state index contributed by atoms with van der Waals surface area (Å²) in [7, 11) is 6.77. The number of alkyl carbamates (subject to hydrolysis) is 1. The standard InChI is InChI=1S/C36H60N4O11/c1-12-25-36(13-2)28(38-34(46)51-36)21(6)37-30(43)18(3)17-35(7,47-11)29(19(4)26(41)20(5)32(45)49-25)50-33-27(42)23(39(8)9)16-24(48-33)31(44)40(10)22-14-15-22/h18-25,27-29,33,42H,12-17H2,1-11H3,(H,37,43)(H,38,46)/t18-,19+,20?,21-,23?,24?,25-,27?,28-,29-,33?,35-,36-/m1/s1. The van der Waals surface area contributed by atoms with Crippen molar-refractivity contribution in [1.29, 1.82) is 0 Å². The van der Waals surface area contributed by atoms with Gasteiger partial charge in [0.05, 0.1) is 23.8 Å². The lowest BCUT2D eigenvalue weighted by molar-refractivity contribution is -0.294. The summed E-state index contributed by atoms with van der Waals surface area (Å²) in [6.07, 6.45) is -3.63. The minimum Gasteiger partial charge on any atom is -0.457 e. The predicted octanol–water partition coefficient (Wildman–Crippen LogP) is 1.77. The number of carbonyl (C=O) groups excluding carboxylic acids is 5. The van der Waals surface area contributed by atoms with Crippen LogP contribution in [0.2, 0.25) is 0 Å². The van der Waals surface area contributed by atoms with Gasteiger partial charge in [-0.1, -0.05) is 27.7 Å². The van der Waals surface area contributed by atoms with E-state index in [9.17, 15) is 29.1 Å². The Balaban J connectivity index is 1.74. The molecule has 13 atom stereocenters. The number of rotatable bonds is 8. The number of likely N-dealkylation sites (N-methyl/N-ethyl adjacent to an activating group) is 2. The third kappa shape index (κ3) is 8.22. The zero-order valence-corrected chi connectivity index (χ0v) is 32.1. The normalized spacial score (nSPS) is 41.4. The molecule has 4 fully saturated rings. The Morgan fingerprint density at radius 1 is 1.04 bits per heavy atom. The lowest BCUT2D eigenvalue weighted by atomic mass is 9.78. The zero-order valence-electron chi connectivity index (χ0n) is 32.1. The number of fused-ring (bicyclic) bond motifs is 1. The molecule has 4 aliphatic rings. The highest BCUT2D eigenvalue weighted by Gasteiger charge is 2.58. The Labute approximate surface area is 301 Å². The fraction of sp³-hybridized carbons (Fsp3) is 0.861. The van der Waals surface area contributed by atoms with Crippen molar-refractivity contribution in [2.24, 2.45) is 17.8 Å². The van der Waals surface area contributed by atoms with Crippen LogP contribution in [-0.2, 0) is 42.9 Å². The number of carbonyl (C=O) groups is 5. The first kappa shape index (κ1) is 40.9. The van der Waals surface area contributed by atoms with E-state index in [1.54, 1.807) is 60.7 Å². The molecule has 0 spiro atoms. The fourth-order valence-electron chi connectivity index (χ4n) is 8.18. The molecule has 3 aliphatic heterocycles. The second-order valence-corrected chi connectivity index (χ2v) is 15.5. The summed E-state index contributed by atoms with van der Waals surface area (Å²) < 4.78 is 30.7. The number of cyclic esters (lactones) is 1. The molecule has 0 bridgehead atoms. The molecule has 1 aliphatic carbocycles. The van der Waals surface area contributed by atoms with Crippen LogP contribution in [0.5, 0.6) is 0 Å². The minimum absolute atomic E-state index is 0.0555. The maximum absolute atomic E-state index is 14.3. The highest BCUT2D eigenvalue weighted by atomic mass is 16.7. The maximum atomic E-state index is 14.3. The summed E-state index contributed by atoms with van der Waals surface area (Å²) in [4.78, 5) is 71.6. The van der Waals surface area contributed by atoms with E-state index in [4.69, 9.17) is 23.7 Å². The van der Waals surface area contributed by atoms with Crippen molar-refractivity contribution in [3.8, 4) is 0 Å². The van der Waals surface area contributed by atoms with E-state index in [1.165, 1.54) is 14.0 Å². The summed E-state index contributed by atoms with van der Waals surface area (Å²) in [5, 5.41) is 17.4. The molecule has 5 unspecified atom stereocenters. The van der Waals surface area contributed by atoms with Gasteiger partial charge >= 0.3 is 12.1 Å². The Morgan fingerprint density at radius 2 is 1.69 bits per heavy atom. The van der Waals surface area contributed by atoms with Crippen molar-refractivity contribution in [2.75, 3.05) is 28.3 Å². The van der Waals surface area contributed by atoms with Crippen LogP contribution in [-0.4, -0.2) is 139 Å². The van der Waals surface area contributed by atoms with Crippen molar-refractivity contribution in [3.63, 3.8) is 0 Å². The van der Waals surface area contributed by atoms with Crippen LogP contribution < -0.4 is 10.6 Å². The van der Waals surface area contributed by atoms with E-state index in [-0.39, 0.29) is 43.5 Å². The SMILES string of the molecule is CC[C@H]1OC(=O)C(C)C(=O)[C@H](C)[C@@H](OC2OC(C(=O)N(C)C3CC3)CC(N(C)C)C2O)[C@](C)(OC)C[C@@H](C)C(=O)N[C@H](C)[C@H]2NC(=O)O[C@@]21CC. The van der Waals surface area contributed by atoms with Crippen LogP contribution in [0.15, 0.2) is 0 Å². The Bertz CT molecular complexity index is 1310. The number of hydrogen-bond acceptors (Lipinski definition) is 12. The number of ketones is 1. The average molecular weight is 725 g/mol. The number of amides is 3. The molecule has 3 amide bonds. The number of hydrogen-bond donors (Lipinski definition) is 3. The van der Waals surface area contributed by atoms with Crippen molar-refractivity contribution in [3.05, 3.63) is 0 Å². The molecular weight excluding hydrogens is 664 g/mol. The van der Waals surface area contributed by atoms with E-state index >= 15 is 0 Å². The average Bonchev–Trinajstić information content (AvgIpc) is 3.89. The lowest BCUT2D eigenvalue weighted by Gasteiger charge is -2.47. The molecule has 0 radical (unpaired) electrons. The molecule has 3 heterocycles. The van der Waals surface area contributed by atoms with Gasteiger partial charge in [-0.2, -0.15) is 0 Å². The van der Waals surface area contributed by atoms with Gasteiger partial charge in [-0.25, -0.2) is 4.79 Å². The second-order valence-electron chi connectivity index (χ2n) is 15.5. The highest BCUT2D eigenvalue weighted by molar-refractivity contribution is 6.00. The van der Waals surface area contributed by atoms with Crippen molar-refractivity contribution in [1.82, 2.24) is 20.4 Å².